The topological polar surface area (TPSA) is 37.4 Å². The lowest BCUT2D eigenvalue weighted by Gasteiger charge is -2.26. The second kappa shape index (κ2) is 7.40. The first kappa shape index (κ1) is 14.2. The number of rotatable bonds is 6. The summed E-state index contributed by atoms with van der Waals surface area (Å²) in [7, 11) is 1.82. The average molecular weight is 267 g/mol. The molecule has 19 heavy (non-hydrogen) atoms. The molecule has 1 aromatic rings. The van der Waals surface area contributed by atoms with Gasteiger partial charge < -0.3 is 10.1 Å². The van der Waals surface area contributed by atoms with E-state index in [1.807, 2.05) is 7.05 Å². The molecule has 1 fully saturated rings. The van der Waals surface area contributed by atoms with Gasteiger partial charge in [-0.2, -0.15) is 0 Å². The summed E-state index contributed by atoms with van der Waals surface area (Å²) in [6.07, 6.45) is 5.10. The Bertz CT molecular complexity index is 394. The molecule has 1 N–H and O–H groups in total. The summed E-state index contributed by atoms with van der Waals surface area (Å²) in [6.45, 7) is 4.39. The number of aromatic nitrogens is 1. The molecular formula is C14H22FN3O. The van der Waals surface area contributed by atoms with Crippen molar-refractivity contribution in [2.75, 3.05) is 33.3 Å². The van der Waals surface area contributed by atoms with Gasteiger partial charge in [-0.15, -0.1) is 0 Å². The van der Waals surface area contributed by atoms with Crippen molar-refractivity contribution < 1.29 is 9.13 Å². The van der Waals surface area contributed by atoms with Gasteiger partial charge in [0.1, 0.15) is 12.4 Å². The van der Waals surface area contributed by atoms with Gasteiger partial charge in [-0.3, -0.25) is 4.90 Å². The van der Waals surface area contributed by atoms with Crippen molar-refractivity contribution in [2.45, 2.75) is 25.8 Å². The van der Waals surface area contributed by atoms with E-state index in [2.05, 4.69) is 15.2 Å². The van der Waals surface area contributed by atoms with E-state index in [1.165, 1.54) is 31.5 Å². The van der Waals surface area contributed by atoms with E-state index in [1.54, 1.807) is 0 Å². The van der Waals surface area contributed by atoms with Crippen LogP contribution in [0.3, 0.4) is 0 Å². The van der Waals surface area contributed by atoms with Crippen molar-refractivity contribution in [3.05, 3.63) is 23.6 Å². The summed E-state index contributed by atoms with van der Waals surface area (Å²) in [5.41, 5.74) is 0.765. The lowest BCUT2D eigenvalue weighted by atomic mass is 10.1. The van der Waals surface area contributed by atoms with E-state index in [9.17, 15) is 4.39 Å². The number of ether oxygens (including phenoxy) is 1. The fourth-order valence-electron chi connectivity index (χ4n) is 2.37. The molecule has 0 aromatic carbocycles. The van der Waals surface area contributed by atoms with Gasteiger partial charge in [0.2, 0.25) is 5.88 Å². The molecule has 5 heteroatoms. The standard InChI is InChI=1S/C14H22FN3O/c1-16-10-12-9-13(15)11-17-14(12)19-8-7-18-5-3-2-4-6-18/h9,11,16H,2-8,10H2,1H3. The van der Waals surface area contributed by atoms with Crippen LogP contribution in [0, 0.1) is 5.82 Å². The van der Waals surface area contributed by atoms with Gasteiger partial charge in [0.15, 0.2) is 0 Å². The number of hydrogen-bond acceptors (Lipinski definition) is 4. The predicted molar refractivity (Wildman–Crippen MR) is 72.7 cm³/mol. The second-order valence-corrected chi connectivity index (χ2v) is 4.90. The van der Waals surface area contributed by atoms with Crippen LogP contribution in [0.5, 0.6) is 5.88 Å². The van der Waals surface area contributed by atoms with E-state index in [0.717, 1.165) is 25.2 Å². The number of nitrogens with zero attached hydrogens (tertiary/aromatic N) is 2. The summed E-state index contributed by atoms with van der Waals surface area (Å²) < 4.78 is 18.8. The van der Waals surface area contributed by atoms with Crippen LogP contribution in [-0.2, 0) is 6.54 Å². The third-order valence-electron chi connectivity index (χ3n) is 3.35. The largest absolute Gasteiger partial charge is 0.476 e. The molecule has 0 bridgehead atoms. The van der Waals surface area contributed by atoms with Crippen molar-refractivity contribution in [3.8, 4) is 5.88 Å². The molecule has 0 saturated carbocycles. The summed E-state index contributed by atoms with van der Waals surface area (Å²) in [5, 5.41) is 2.99. The zero-order valence-electron chi connectivity index (χ0n) is 11.5. The Morgan fingerprint density at radius 1 is 1.37 bits per heavy atom. The van der Waals surface area contributed by atoms with Gasteiger partial charge in [-0.1, -0.05) is 6.42 Å². The van der Waals surface area contributed by atoms with Crippen molar-refractivity contribution in [1.82, 2.24) is 15.2 Å². The van der Waals surface area contributed by atoms with E-state index in [4.69, 9.17) is 4.74 Å². The first-order valence-electron chi connectivity index (χ1n) is 6.94. The summed E-state index contributed by atoms with van der Waals surface area (Å²) in [5.74, 6) is 0.210. The SMILES string of the molecule is CNCc1cc(F)cnc1OCCN1CCCCC1. The third-order valence-corrected chi connectivity index (χ3v) is 3.35. The van der Waals surface area contributed by atoms with Crippen molar-refractivity contribution in [3.63, 3.8) is 0 Å². The average Bonchev–Trinajstić information content (AvgIpc) is 2.43. The van der Waals surface area contributed by atoms with Crippen molar-refractivity contribution in [2.24, 2.45) is 0 Å². The lowest BCUT2D eigenvalue weighted by Crippen LogP contribution is -2.33. The second-order valence-electron chi connectivity index (χ2n) is 4.90. The fourth-order valence-corrected chi connectivity index (χ4v) is 2.37. The molecule has 0 spiro atoms. The van der Waals surface area contributed by atoms with E-state index < -0.39 is 0 Å². The Kier molecular flexibility index (Phi) is 5.54. The predicted octanol–water partition coefficient (Wildman–Crippen LogP) is 1.80. The Hall–Kier alpha value is -1.20. The Balaban J connectivity index is 1.84. The normalized spacial score (nSPS) is 16.5. The minimum absolute atomic E-state index is 0.325. The molecule has 0 radical (unpaired) electrons. The Morgan fingerprint density at radius 3 is 2.89 bits per heavy atom. The van der Waals surface area contributed by atoms with Crippen LogP contribution >= 0.6 is 0 Å². The van der Waals surface area contributed by atoms with Crippen LogP contribution in [0.25, 0.3) is 0 Å². The number of halogens is 1. The fraction of sp³-hybridized carbons (Fsp3) is 0.643. The molecule has 2 heterocycles. The van der Waals surface area contributed by atoms with Crippen LogP contribution in [0.1, 0.15) is 24.8 Å². The molecule has 0 unspecified atom stereocenters. The van der Waals surface area contributed by atoms with Gasteiger partial charge in [0.25, 0.3) is 0 Å². The van der Waals surface area contributed by atoms with Crippen LogP contribution < -0.4 is 10.1 Å². The number of pyridine rings is 1. The molecule has 106 valence electrons. The third kappa shape index (κ3) is 4.44. The molecule has 0 atom stereocenters. The summed E-state index contributed by atoms with van der Waals surface area (Å²) >= 11 is 0. The summed E-state index contributed by atoms with van der Waals surface area (Å²) in [6, 6.07) is 1.47. The Labute approximate surface area is 114 Å². The molecule has 1 saturated heterocycles. The first-order chi connectivity index (χ1) is 9.29. The molecular weight excluding hydrogens is 245 g/mol. The van der Waals surface area contributed by atoms with Crippen molar-refractivity contribution in [1.29, 1.82) is 0 Å². The number of piperidine rings is 1. The highest BCUT2D eigenvalue weighted by atomic mass is 19.1. The number of hydrogen-bond donors (Lipinski definition) is 1. The van der Waals surface area contributed by atoms with Crippen LogP contribution in [0.4, 0.5) is 4.39 Å². The molecule has 1 aliphatic heterocycles. The maximum Gasteiger partial charge on any atom is 0.218 e. The molecule has 2 rings (SSSR count). The minimum atomic E-state index is -0.325. The van der Waals surface area contributed by atoms with E-state index >= 15 is 0 Å². The van der Waals surface area contributed by atoms with Gasteiger partial charge in [0, 0.05) is 18.7 Å². The highest BCUT2D eigenvalue weighted by Gasteiger charge is 2.11. The van der Waals surface area contributed by atoms with Crippen LogP contribution in [0.2, 0.25) is 0 Å². The zero-order valence-corrected chi connectivity index (χ0v) is 11.5. The first-order valence-corrected chi connectivity index (χ1v) is 6.94. The van der Waals surface area contributed by atoms with Crippen molar-refractivity contribution >= 4 is 0 Å². The van der Waals surface area contributed by atoms with Crippen LogP contribution in [-0.4, -0.2) is 43.2 Å². The Morgan fingerprint density at radius 2 is 2.16 bits per heavy atom. The maximum absolute atomic E-state index is 13.1. The highest BCUT2D eigenvalue weighted by molar-refractivity contribution is 5.26. The summed E-state index contributed by atoms with van der Waals surface area (Å²) in [4.78, 5) is 6.43. The monoisotopic (exact) mass is 267 g/mol. The zero-order chi connectivity index (χ0) is 13.5. The molecule has 0 aliphatic carbocycles. The number of nitrogens with one attached hydrogen (secondary N) is 1. The quantitative estimate of drug-likeness (QED) is 0.853. The van der Waals surface area contributed by atoms with Crippen LogP contribution in [0.15, 0.2) is 12.3 Å². The molecule has 1 aromatic heterocycles. The molecule has 4 nitrogen and oxygen atoms in total. The minimum Gasteiger partial charge on any atom is -0.476 e. The lowest BCUT2D eigenvalue weighted by molar-refractivity contribution is 0.179. The van der Waals surface area contributed by atoms with Gasteiger partial charge >= 0.3 is 0 Å². The van der Waals surface area contributed by atoms with Gasteiger partial charge in [-0.25, -0.2) is 9.37 Å². The maximum atomic E-state index is 13.1. The van der Waals surface area contributed by atoms with E-state index in [-0.39, 0.29) is 5.82 Å². The highest BCUT2D eigenvalue weighted by Crippen LogP contribution is 2.16. The molecule has 1 aliphatic rings. The smallest absolute Gasteiger partial charge is 0.218 e. The van der Waals surface area contributed by atoms with Gasteiger partial charge in [-0.05, 0) is 39.0 Å². The molecule has 0 amide bonds. The van der Waals surface area contributed by atoms with Gasteiger partial charge in [0.05, 0.1) is 6.20 Å². The number of likely N-dealkylation sites (tertiary alicyclic amines) is 1. The van der Waals surface area contributed by atoms with E-state index in [0.29, 0.717) is 19.0 Å².